The SMILES string of the molecule is O=C(C=Cc1cccnc1)NCCCCN1CCC(C(=O)c2ccccc2)CC1. The van der Waals surface area contributed by atoms with Crippen LogP contribution in [0.1, 0.15) is 41.6 Å². The number of rotatable bonds is 9. The van der Waals surface area contributed by atoms with Gasteiger partial charge in [0, 0.05) is 36.5 Å². The molecule has 1 saturated heterocycles. The number of nitrogens with zero attached hydrogens (tertiary/aromatic N) is 2. The highest BCUT2D eigenvalue weighted by molar-refractivity contribution is 5.97. The number of benzene rings is 1. The van der Waals surface area contributed by atoms with Crippen molar-refractivity contribution in [2.75, 3.05) is 26.2 Å². The van der Waals surface area contributed by atoms with E-state index in [-0.39, 0.29) is 17.6 Å². The first-order valence-corrected chi connectivity index (χ1v) is 10.4. The van der Waals surface area contributed by atoms with E-state index < -0.39 is 0 Å². The number of Topliss-reactive ketones (excluding diaryl/α,β-unsaturated/α-hetero) is 1. The number of amides is 1. The number of carbonyl (C=O) groups is 2. The highest BCUT2D eigenvalue weighted by Crippen LogP contribution is 2.21. The second-order valence-corrected chi connectivity index (χ2v) is 7.46. The van der Waals surface area contributed by atoms with Crippen LogP contribution in [0, 0.1) is 5.92 Å². The summed E-state index contributed by atoms with van der Waals surface area (Å²) in [6.45, 7) is 3.65. The Morgan fingerprint density at radius 2 is 1.86 bits per heavy atom. The number of ketones is 1. The van der Waals surface area contributed by atoms with E-state index in [1.165, 1.54) is 0 Å². The number of hydrogen-bond donors (Lipinski definition) is 1. The van der Waals surface area contributed by atoms with Crippen LogP contribution in [0.5, 0.6) is 0 Å². The molecule has 1 fully saturated rings. The van der Waals surface area contributed by atoms with Crippen molar-refractivity contribution in [3.8, 4) is 0 Å². The third-order valence-electron chi connectivity index (χ3n) is 5.33. The van der Waals surface area contributed by atoms with Gasteiger partial charge in [-0.2, -0.15) is 0 Å². The lowest BCUT2D eigenvalue weighted by Crippen LogP contribution is -2.37. The zero-order chi connectivity index (χ0) is 20.3. The fourth-order valence-electron chi connectivity index (χ4n) is 3.63. The van der Waals surface area contributed by atoms with Gasteiger partial charge in [-0.25, -0.2) is 0 Å². The zero-order valence-electron chi connectivity index (χ0n) is 16.8. The first kappa shape index (κ1) is 20.9. The monoisotopic (exact) mass is 391 g/mol. The number of carbonyl (C=O) groups excluding carboxylic acids is 2. The Morgan fingerprint density at radius 1 is 1.07 bits per heavy atom. The number of nitrogens with one attached hydrogen (secondary N) is 1. The number of aromatic nitrogens is 1. The van der Waals surface area contributed by atoms with Gasteiger partial charge in [0.15, 0.2) is 5.78 Å². The highest BCUT2D eigenvalue weighted by atomic mass is 16.1. The lowest BCUT2D eigenvalue weighted by molar-refractivity contribution is -0.116. The molecule has 1 aliphatic heterocycles. The first-order valence-electron chi connectivity index (χ1n) is 10.4. The summed E-state index contributed by atoms with van der Waals surface area (Å²) in [5.41, 5.74) is 1.75. The molecular weight excluding hydrogens is 362 g/mol. The number of pyridine rings is 1. The van der Waals surface area contributed by atoms with Crippen molar-refractivity contribution in [2.24, 2.45) is 5.92 Å². The van der Waals surface area contributed by atoms with Gasteiger partial charge >= 0.3 is 0 Å². The predicted molar refractivity (Wildman–Crippen MR) is 115 cm³/mol. The molecule has 2 aromatic rings. The third-order valence-corrected chi connectivity index (χ3v) is 5.33. The molecule has 0 atom stereocenters. The molecule has 0 spiro atoms. The molecule has 0 radical (unpaired) electrons. The van der Waals surface area contributed by atoms with Crippen molar-refractivity contribution >= 4 is 17.8 Å². The smallest absolute Gasteiger partial charge is 0.243 e. The Balaban J connectivity index is 1.27. The van der Waals surface area contributed by atoms with Gasteiger partial charge in [-0.05, 0) is 63.0 Å². The largest absolute Gasteiger partial charge is 0.353 e. The minimum atomic E-state index is -0.0749. The van der Waals surface area contributed by atoms with Crippen molar-refractivity contribution in [1.82, 2.24) is 15.2 Å². The second kappa shape index (κ2) is 11.3. The summed E-state index contributed by atoms with van der Waals surface area (Å²) in [4.78, 5) is 30.8. The molecule has 1 N–H and O–H groups in total. The number of likely N-dealkylation sites (tertiary alicyclic amines) is 1. The summed E-state index contributed by atoms with van der Waals surface area (Å²) in [6.07, 6.45) is 10.6. The van der Waals surface area contributed by atoms with Crippen LogP contribution < -0.4 is 5.32 Å². The molecule has 1 aromatic carbocycles. The van der Waals surface area contributed by atoms with Gasteiger partial charge in [-0.1, -0.05) is 36.4 Å². The van der Waals surface area contributed by atoms with Gasteiger partial charge in [-0.15, -0.1) is 0 Å². The maximum absolute atomic E-state index is 12.5. The van der Waals surface area contributed by atoms with E-state index in [1.54, 1.807) is 24.5 Å². The Morgan fingerprint density at radius 3 is 2.59 bits per heavy atom. The minimum absolute atomic E-state index is 0.0749. The van der Waals surface area contributed by atoms with E-state index in [0.717, 1.165) is 56.4 Å². The topological polar surface area (TPSA) is 62.3 Å². The quantitative estimate of drug-likeness (QED) is 0.403. The average molecular weight is 392 g/mol. The summed E-state index contributed by atoms with van der Waals surface area (Å²) < 4.78 is 0. The Kier molecular flexibility index (Phi) is 8.13. The molecule has 0 unspecified atom stereocenters. The summed E-state index contributed by atoms with van der Waals surface area (Å²) >= 11 is 0. The van der Waals surface area contributed by atoms with Crippen molar-refractivity contribution in [2.45, 2.75) is 25.7 Å². The van der Waals surface area contributed by atoms with Gasteiger partial charge in [0.05, 0.1) is 0 Å². The second-order valence-electron chi connectivity index (χ2n) is 7.46. The summed E-state index contributed by atoms with van der Waals surface area (Å²) in [7, 11) is 0. The van der Waals surface area contributed by atoms with Gasteiger partial charge in [-0.3, -0.25) is 14.6 Å². The van der Waals surface area contributed by atoms with Crippen LogP contribution in [-0.2, 0) is 4.79 Å². The molecule has 5 nitrogen and oxygen atoms in total. The summed E-state index contributed by atoms with van der Waals surface area (Å²) in [6, 6.07) is 13.4. The molecule has 0 aliphatic carbocycles. The molecule has 0 saturated carbocycles. The van der Waals surface area contributed by atoms with Crippen molar-refractivity contribution in [1.29, 1.82) is 0 Å². The first-order chi connectivity index (χ1) is 14.2. The van der Waals surface area contributed by atoms with E-state index in [1.807, 2.05) is 42.5 Å². The molecule has 5 heteroatoms. The normalized spacial score (nSPS) is 15.4. The number of unbranched alkanes of at least 4 members (excludes halogenated alkanes) is 1. The van der Waals surface area contributed by atoms with E-state index >= 15 is 0 Å². The Labute approximate surface area is 172 Å². The minimum Gasteiger partial charge on any atom is -0.353 e. The van der Waals surface area contributed by atoms with Crippen LogP contribution in [0.15, 0.2) is 60.9 Å². The molecule has 152 valence electrons. The molecule has 1 amide bonds. The van der Waals surface area contributed by atoms with Crippen LogP contribution in [0.3, 0.4) is 0 Å². The number of hydrogen-bond acceptors (Lipinski definition) is 4. The predicted octanol–water partition coefficient (Wildman–Crippen LogP) is 3.59. The lowest BCUT2D eigenvalue weighted by Gasteiger charge is -2.31. The molecule has 1 aromatic heterocycles. The Hall–Kier alpha value is -2.79. The van der Waals surface area contributed by atoms with Gasteiger partial charge in [0.2, 0.25) is 5.91 Å². The van der Waals surface area contributed by atoms with Crippen LogP contribution in [0.2, 0.25) is 0 Å². The molecule has 2 heterocycles. The average Bonchev–Trinajstić information content (AvgIpc) is 2.79. The maximum Gasteiger partial charge on any atom is 0.243 e. The molecule has 3 rings (SSSR count). The lowest BCUT2D eigenvalue weighted by atomic mass is 9.89. The van der Waals surface area contributed by atoms with Crippen molar-refractivity contribution in [3.05, 3.63) is 72.1 Å². The molecule has 1 aliphatic rings. The van der Waals surface area contributed by atoms with E-state index in [4.69, 9.17) is 0 Å². The van der Waals surface area contributed by atoms with Crippen LogP contribution in [0.25, 0.3) is 6.08 Å². The van der Waals surface area contributed by atoms with Crippen LogP contribution in [-0.4, -0.2) is 47.8 Å². The number of piperidine rings is 1. The molecular formula is C24H29N3O2. The fraction of sp³-hybridized carbons (Fsp3) is 0.375. The van der Waals surface area contributed by atoms with E-state index in [0.29, 0.717) is 6.54 Å². The maximum atomic E-state index is 12.5. The van der Waals surface area contributed by atoms with Gasteiger partial charge in [0.25, 0.3) is 0 Å². The summed E-state index contributed by atoms with van der Waals surface area (Å²) in [5.74, 6) is 0.362. The van der Waals surface area contributed by atoms with E-state index in [9.17, 15) is 9.59 Å². The molecule has 0 bridgehead atoms. The van der Waals surface area contributed by atoms with Gasteiger partial charge in [0.1, 0.15) is 0 Å². The van der Waals surface area contributed by atoms with Crippen LogP contribution >= 0.6 is 0 Å². The third kappa shape index (κ3) is 6.95. The van der Waals surface area contributed by atoms with E-state index in [2.05, 4.69) is 15.2 Å². The summed E-state index contributed by atoms with van der Waals surface area (Å²) in [5, 5.41) is 2.92. The van der Waals surface area contributed by atoms with Crippen LogP contribution in [0.4, 0.5) is 0 Å². The standard InChI is InChI=1S/C24H29N3O2/c28-23(11-10-20-7-6-14-25-19-20)26-15-4-5-16-27-17-12-22(13-18-27)24(29)21-8-2-1-3-9-21/h1-3,6-11,14,19,22H,4-5,12-13,15-18H2,(H,26,28). The molecule has 29 heavy (non-hydrogen) atoms. The van der Waals surface area contributed by atoms with Crippen molar-refractivity contribution < 1.29 is 9.59 Å². The van der Waals surface area contributed by atoms with Crippen molar-refractivity contribution in [3.63, 3.8) is 0 Å². The highest BCUT2D eigenvalue weighted by Gasteiger charge is 2.25. The Bertz CT molecular complexity index is 797. The fourth-order valence-corrected chi connectivity index (χ4v) is 3.63. The zero-order valence-corrected chi connectivity index (χ0v) is 16.8. The van der Waals surface area contributed by atoms with Gasteiger partial charge < -0.3 is 10.2 Å².